The molecule has 3 rings (SSSR count). The minimum Gasteiger partial charge on any atom is -0.318 e. The molecule has 0 saturated heterocycles. The summed E-state index contributed by atoms with van der Waals surface area (Å²) in [5.74, 6) is -0.550. The van der Waals surface area contributed by atoms with Crippen LogP contribution in [-0.2, 0) is 17.4 Å². The van der Waals surface area contributed by atoms with Gasteiger partial charge < -0.3 is 4.57 Å². The van der Waals surface area contributed by atoms with Gasteiger partial charge in [-0.2, -0.15) is 18.3 Å². The van der Waals surface area contributed by atoms with E-state index in [1.807, 2.05) is 24.5 Å². The van der Waals surface area contributed by atoms with Crippen molar-refractivity contribution in [2.45, 2.75) is 33.4 Å². The number of benzene rings is 2. The average molecular weight is 458 g/mol. The zero-order valence-corrected chi connectivity index (χ0v) is 18.1. The van der Waals surface area contributed by atoms with Crippen LogP contribution < -0.4 is 5.43 Å². The number of rotatable bonds is 6. The van der Waals surface area contributed by atoms with Crippen LogP contribution in [0, 0.1) is 30.9 Å². The maximum atomic E-state index is 12.8. The summed E-state index contributed by atoms with van der Waals surface area (Å²) in [6.07, 6.45) is -3.28. The Bertz CT molecular complexity index is 1250. The summed E-state index contributed by atoms with van der Waals surface area (Å²) >= 11 is 0. The molecule has 0 aliphatic heterocycles. The molecule has 7 nitrogen and oxygen atoms in total. The van der Waals surface area contributed by atoms with Gasteiger partial charge in [0.05, 0.1) is 23.1 Å². The predicted octanol–water partition coefficient (Wildman–Crippen LogP) is 5.02. The maximum Gasteiger partial charge on any atom is 0.416 e. The van der Waals surface area contributed by atoms with Gasteiger partial charge in [0.25, 0.3) is 5.69 Å². The summed E-state index contributed by atoms with van der Waals surface area (Å²) in [4.78, 5) is 22.6. The van der Waals surface area contributed by atoms with Gasteiger partial charge >= 0.3 is 6.18 Å². The van der Waals surface area contributed by atoms with Gasteiger partial charge in [0.15, 0.2) is 0 Å². The van der Waals surface area contributed by atoms with Crippen molar-refractivity contribution in [1.82, 2.24) is 9.99 Å². The van der Waals surface area contributed by atoms with Gasteiger partial charge in [-0.1, -0.05) is 18.2 Å². The Balaban J connectivity index is 1.73. The van der Waals surface area contributed by atoms with Crippen molar-refractivity contribution in [1.29, 1.82) is 0 Å². The van der Waals surface area contributed by atoms with E-state index in [1.54, 1.807) is 13.0 Å². The summed E-state index contributed by atoms with van der Waals surface area (Å²) in [6, 6.07) is 11.0. The predicted molar refractivity (Wildman–Crippen MR) is 118 cm³/mol. The fourth-order valence-electron chi connectivity index (χ4n) is 3.55. The Kier molecular flexibility index (Phi) is 6.66. The van der Waals surface area contributed by atoms with Gasteiger partial charge in [0.1, 0.15) is 0 Å². The number of non-ortho nitro benzene ring substituents is 1. The molecule has 0 aliphatic rings. The summed E-state index contributed by atoms with van der Waals surface area (Å²) < 4.78 is 40.4. The van der Waals surface area contributed by atoms with Crippen molar-refractivity contribution in [2.75, 3.05) is 0 Å². The smallest absolute Gasteiger partial charge is 0.318 e. The number of hydrazone groups is 1. The fourth-order valence-corrected chi connectivity index (χ4v) is 3.55. The van der Waals surface area contributed by atoms with E-state index in [2.05, 4.69) is 10.5 Å². The number of nitro benzene ring substituents is 1. The minimum atomic E-state index is -4.48. The number of alkyl halides is 3. The van der Waals surface area contributed by atoms with Crippen LogP contribution in [0.4, 0.5) is 18.9 Å². The number of nitrogens with zero attached hydrogens (tertiary/aromatic N) is 3. The SMILES string of the molecule is Cc1cc([N+](=O)[O-])ccc1-n1c(C)cc(C=NNC(=O)Cc2cccc(C(F)(F)F)c2)c1C. The fraction of sp³-hybridized carbons (Fsp3) is 0.217. The Morgan fingerprint density at radius 2 is 1.88 bits per heavy atom. The lowest BCUT2D eigenvalue weighted by atomic mass is 10.1. The molecule has 0 aliphatic carbocycles. The molecule has 172 valence electrons. The molecular formula is C23H21F3N4O3. The highest BCUT2D eigenvalue weighted by molar-refractivity contribution is 5.85. The lowest BCUT2D eigenvalue weighted by Gasteiger charge is -2.12. The van der Waals surface area contributed by atoms with Gasteiger partial charge in [-0.05, 0) is 50.1 Å². The molecule has 0 radical (unpaired) electrons. The van der Waals surface area contributed by atoms with Crippen molar-refractivity contribution in [3.8, 4) is 5.69 Å². The van der Waals surface area contributed by atoms with Crippen LogP contribution >= 0.6 is 0 Å². The summed E-state index contributed by atoms with van der Waals surface area (Å²) in [5, 5.41) is 14.9. The molecular weight excluding hydrogens is 437 g/mol. The van der Waals surface area contributed by atoms with Crippen molar-refractivity contribution in [2.24, 2.45) is 5.10 Å². The van der Waals surface area contributed by atoms with Gasteiger partial charge in [-0.25, -0.2) is 5.43 Å². The second-order valence-electron chi connectivity index (χ2n) is 7.56. The zero-order valence-electron chi connectivity index (χ0n) is 18.1. The van der Waals surface area contributed by atoms with E-state index < -0.39 is 22.6 Å². The molecule has 0 fully saturated rings. The maximum absolute atomic E-state index is 12.8. The van der Waals surface area contributed by atoms with Gasteiger partial charge in [0, 0.05) is 34.8 Å². The first kappa shape index (κ1) is 23.7. The molecule has 0 atom stereocenters. The van der Waals surface area contributed by atoms with E-state index in [0.717, 1.165) is 34.8 Å². The summed E-state index contributed by atoms with van der Waals surface area (Å²) in [7, 11) is 0. The highest BCUT2D eigenvalue weighted by atomic mass is 19.4. The number of nitro groups is 1. The number of hydrogen-bond acceptors (Lipinski definition) is 4. The monoisotopic (exact) mass is 458 g/mol. The molecule has 1 N–H and O–H groups in total. The lowest BCUT2D eigenvalue weighted by Crippen LogP contribution is -2.20. The van der Waals surface area contributed by atoms with E-state index >= 15 is 0 Å². The molecule has 1 heterocycles. The number of halogens is 3. The molecule has 0 spiro atoms. The third-order valence-electron chi connectivity index (χ3n) is 5.11. The van der Waals surface area contributed by atoms with Crippen LogP contribution in [0.15, 0.2) is 53.6 Å². The van der Waals surface area contributed by atoms with Crippen LogP contribution in [0.5, 0.6) is 0 Å². The number of carbonyl (C=O) groups is 1. The molecule has 3 aromatic rings. The van der Waals surface area contributed by atoms with E-state index in [4.69, 9.17) is 0 Å². The van der Waals surface area contributed by atoms with Gasteiger partial charge in [-0.15, -0.1) is 0 Å². The van der Waals surface area contributed by atoms with E-state index in [9.17, 15) is 28.1 Å². The molecule has 1 amide bonds. The van der Waals surface area contributed by atoms with E-state index in [1.165, 1.54) is 30.5 Å². The zero-order chi connectivity index (χ0) is 24.3. The number of nitrogens with one attached hydrogen (secondary N) is 1. The number of amides is 1. The third-order valence-corrected chi connectivity index (χ3v) is 5.11. The van der Waals surface area contributed by atoms with E-state index in [0.29, 0.717) is 5.56 Å². The molecule has 1 aromatic heterocycles. The second-order valence-corrected chi connectivity index (χ2v) is 7.56. The van der Waals surface area contributed by atoms with Crippen LogP contribution in [0.3, 0.4) is 0 Å². The summed E-state index contributed by atoms with van der Waals surface area (Å²) in [5.41, 5.74) is 5.63. The number of aromatic nitrogens is 1. The molecule has 33 heavy (non-hydrogen) atoms. The number of aryl methyl sites for hydroxylation is 2. The first-order valence-corrected chi connectivity index (χ1v) is 9.89. The van der Waals surface area contributed by atoms with Crippen LogP contribution in [0.2, 0.25) is 0 Å². The first-order chi connectivity index (χ1) is 15.5. The minimum absolute atomic E-state index is 0.00369. The summed E-state index contributed by atoms with van der Waals surface area (Å²) in [6.45, 7) is 5.50. The first-order valence-electron chi connectivity index (χ1n) is 9.89. The molecule has 2 aromatic carbocycles. The Morgan fingerprint density at radius 1 is 1.15 bits per heavy atom. The van der Waals surface area contributed by atoms with Crippen molar-refractivity contribution >= 4 is 17.8 Å². The van der Waals surface area contributed by atoms with Gasteiger partial charge in [-0.3, -0.25) is 14.9 Å². The van der Waals surface area contributed by atoms with Crippen LogP contribution in [-0.4, -0.2) is 21.6 Å². The highest BCUT2D eigenvalue weighted by Gasteiger charge is 2.30. The van der Waals surface area contributed by atoms with Crippen LogP contribution in [0.1, 0.15) is 33.6 Å². The Hall–Kier alpha value is -3.95. The Morgan fingerprint density at radius 3 is 2.52 bits per heavy atom. The lowest BCUT2D eigenvalue weighted by molar-refractivity contribution is -0.384. The highest BCUT2D eigenvalue weighted by Crippen LogP contribution is 2.29. The molecule has 0 unspecified atom stereocenters. The Labute approximate surface area is 187 Å². The average Bonchev–Trinajstić information content (AvgIpc) is 3.00. The van der Waals surface area contributed by atoms with Crippen molar-refractivity contribution in [3.05, 3.63) is 92.3 Å². The standard InChI is InChI=1S/C23H21F3N4O3/c1-14-9-20(30(32)33)7-8-21(14)29-15(2)10-18(16(29)3)13-27-28-22(31)12-17-5-4-6-19(11-17)23(24,25)26/h4-11,13H,12H2,1-3H3,(H,28,31). The second kappa shape index (κ2) is 9.27. The number of hydrogen-bond donors (Lipinski definition) is 1. The molecule has 0 saturated carbocycles. The third kappa shape index (κ3) is 5.46. The largest absolute Gasteiger partial charge is 0.416 e. The number of carbonyl (C=O) groups excluding carboxylic acids is 1. The normalized spacial score (nSPS) is 11.7. The van der Waals surface area contributed by atoms with Crippen LogP contribution in [0.25, 0.3) is 5.69 Å². The quantitative estimate of drug-likeness (QED) is 0.319. The molecule has 10 heteroatoms. The topological polar surface area (TPSA) is 89.5 Å². The van der Waals surface area contributed by atoms with Crippen molar-refractivity contribution in [3.63, 3.8) is 0 Å². The van der Waals surface area contributed by atoms with Crippen molar-refractivity contribution < 1.29 is 22.9 Å². The van der Waals surface area contributed by atoms with Gasteiger partial charge in [0.2, 0.25) is 5.91 Å². The van der Waals surface area contributed by atoms with E-state index in [-0.39, 0.29) is 17.7 Å². The molecule has 0 bridgehead atoms.